The maximum absolute atomic E-state index is 8.89. The van der Waals surface area contributed by atoms with Crippen LogP contribution in [0.25, 0.3) is 0 Å². The maximum atomic E-state index is 8.89. The van der Waals surface area contributed by atoms with Gasteiger partial charge in [-0.15, -0.1) is 0 Å². The van der Waals surface area contributed by atoms with Gasteiger partial charge in [-0.25, -0.2) is 0 Å². The van der Waals surface area contributed by atoms with E-state index in [1.807, 2.05) is 20.9 Å². The van der Waals surface area contributed by atoms with Crippen LogP contribution in [0.3, 0.4) is 0 Å². The fraction of sp³-hybridized carbons (Fsp3) is 1.00. The van der Waals surface area contributed by atoms with E-state index < -0.39 is 0 Å². The van der Waals surface area contributed by atoms with Crippen LogP contribution in [-0.2, 0) is 0 Å². The average molecular weight is 187 g/mol. The Morgan fingerprint density at radius 3 is 1.92 bits per heavy atom. The van der Waals surface area contributed by atoms with Crippen LogP contribution in [-0.4, -0.2) is 25.3 Å². The Morgan fingerprint density at radius 1 is 1.08 bits per heavy atom. The van der Waals surface area contributed by atoms with Crippen LogP contribution < -0.4 is 5.32 Å². The molecule has 1 rings (SSSR count). The van der Waals surface area contributed by atoms with Crippen molar-refractivity contribution in [2.75, 3.05) is 20.2 Å². The minimum absolute atomic E-state index is 0.395. The van der Waals surface area contributed by atoms with Crippen LogP contribution in [0.15, 0.2) is 0 Å². The largest absolute Gasteiger partial charge is 0.396 e. The molecule has 2 heteroatoms. The first kappa shape index (κ1) is 12.9. The summed E-state index contributed by atoms with van der Waals surface area (Å²) >= 11 is 0. The van der Waals surface area contributed by atoms with Gasteiger partial charge >= 0.3 is 0 Å². The molecular formula is C11H25NO. The molecule has 0 atom stereocenters. The van der Waals surface area contributed by atoms with E-state index in [1.165, 1.54) is 25.7 Å². The highest BCUT2D eigenvalue weighted by molar-refractivity contribution is 4.72. The Morgan fingerprint density at radius 2 is 1.54 bits per heavy atom. The number of nitrogens with one attached hydrogen (secondary N) is 1. The molecule has 0 bridgehead atoms. The van der Waals surface area contributed by atoms with Crippen LogP contribution in [0, 0.1) is 11.8 Å². The van der Waals surface area contributed by atoms with E-state index >= 15 is 0 Å². The SMILES string of the molecule is CC.CNCC1CCC(CO)CC1. The maximum Gasteiger partial charge on any atom is 0.0459 e. The Bertz CT molecular complexity index is 98.3. The highest BCUT2D eigenvalue weighted by atomic mass is 16.3. The predicted octanol–water partition coefficient (Wildman–Crippen LogP) is 2.03. The average Bonchev–Trinajstić information content (AvgIpc) is 2.23. The fourth-order valence-corrected chi connectivity index (χ4v) is 1.91. The van der Waals surface area contributed by atoms with Crippen LogP contribution in [0.1, 0.15) is 39.5 Å². The van der Waals surface area contributed by atoms with Crippen molar-refractivity contribution in [3.8, 4) is 0 Å². The minimum atomic E-state index is 0.395. The summed E-state index contributed by atoms with van der Waals surface area (Å²) in [6.07, 6.45) is 5.05. The van der Waals surface area contributed by atoms with Gasteiger partial charge < -0.3 is 10.4 Å². The van der Waals surface area contributed by atoms with Crippen LogP contribution >= 0.6 is 0 Å². The second kappa shape index (κ2) is 8.52. The van der Waals surface area contributed by atoms with Crippen molar-refractivity contribution >= 4 is 0 Å². The molecule has 0 radical (unpaired) electrons. The Kier molecular flexibility index (Phi) is 8.46. The third-order valence-electron chi connectivity index (χ3n) is 2.72. The molecular weight excluding hydrogens is 162 g/mol. The molecule has 13 heavy (non-hydrogen) atoms. The zero-order valence-electron chi connectivity index (χ0n) is 9.34. The normalized spacial score (nSPS) is 27.7. The van der Waals surface area contributed by atoms with E-state index in [-0.39, 0.29) is 0 Å². The summed E-state index contributed by atoms with van der Waals surface area (Å²) < 4.78 is 0. The van der Waals surface area contributed by atoms with Gasteiger partial charge in [-0.1, -0.05) is 13.8 Å². The molecule has 0 aliphatic heterocycles. The lowest BCUT2D eigenvalue weighted by Crippen LogP contribution is -2.24. The van der Waals surface area contributed by atoms with Gasteiger partial charge in [0.15, 0.2) is 0 Å². The molecule has 0 aromatic rings. The second-order valence-corrected chi connectivity index (χ2v) is 3.63. The molecule has 0 heterocycles. The number of hydrogen-bond donors (Lipinski definition) is 2. The van der Waals surface area contributed by atoms with Crippen molar-refractivity contribution in [3.63, 3.8) is 0 Å². The van der Waals surface area contributed by atoms with Crippen molar-refractivity contribution < 1.29 is 5.11 Å². The zero-order chi connectivity index (χ0) is 10.1. The third-order valence-corrected chi connectivity index (χ3v) is 2.72. The molecule has 1 aliphatic carbocycles. The van der Waals surface area contributed by atoms with Gasteiger partial charge in [0.1, 0.15) is 0 Å². The van der Waals surface area contributed by atoms with E-state index in [0.29, 0.717) is 12.5 Å². The number of aliphatic hydroxyl groups is 1. The first-order valence-electron chi connectivity index (χ1n) is 5.62. The molecule has 0 unspecified atom stereocenters. The van der Waals surface area contributed by atoms with E-state index in [9.17, 15) is 0 Å². The van der Waals surface area contributed by atoms with Gasteiger partial charge in [0.05, 0.1) is 0 Å². The second-order valence-electron chi connectivity index (χ2n) is 3.63. The molecule has 0 aromatic carbocycles. The van der Waals surface area contributed by atoms with Crippen molar-refractivity contribution in [2.45, 2.75) is 39.5 Å². The Labute approximate surface area is 82.7 Å². The first-order valence-corrected chi connectivity index (χ1v) is 5.62. The van der Waals surface area contributed by atoms with E-state index in [1.54, 1.807) is 0 Å². The van der Waals surface area contributed by atoms with E-state index in [4.69, 9.17) is 5.11 Å². The van der Waals surface area contributed by atoms with E-state index in [2.05, 4.69) is 5.32 Å². The fourth-order valence-electron chi connectivity index (χ4n) is 1.91. The Balaban J connectivity index is 0.000000671. The lowest BCUT2D eigenvalue weighted by molar-refractivity contribution is 0.167. The lowest BCUT2D eigenvalue weighted by Gasteiger charge is -2.26. The van der Waals surface area contributed by atoms with Crippen molar-refractivity contribution in [3.05, 3.63) is 0 Å². The molecule has 1 fully saturated rings. The third kappa shape index (κ3) is 5.27. The van der Waals surface area contributed by atoms with Crippen molar-refractivity contribution in [1.82, 2.24) is 5.32 Å². The Hall–Kier alpha value is -0.0800. The van der Waals surface area contributed by atoms with E-state index in [0.717, 1.165) is 12.5 Å². The van der Waals surface area contributed by atoms with Crippen LogP contribution in [0.5, 0.6) is 0 Å². The van der Waals surface area contributed by atoms with Gasteiger partial charge in [-0.3, -0.25) is 0 Å². The van der Waals surface area contributed by atoms with Gasteiger partial charge in [-0.2, -0.15) is 0 Å². The summed E-state index contributed by atoms with van der Waals surface area (Å²) in [5, 5.41) is 12.1. The van der Waals surface area contributed by atoms with Gasteiger partial charge in [-0.05, 0) is 51.1 Å². The van der Waals surface area contributed by atoms with Crippen molar-refractivity contribution in [2.24, 2.45) is 11.8 Å². The molecule has 2 N–H and O–H groups in total. The molecule has 1 saturated carbocycles. The molecule has 1 aliphatic rings. The molecule has 0 aromatic heterocycles. The van der Waals surface area contributed by atoms with Gasteiger partial charge in [0.25, 0.3) is 0 Å². The molecule has 0 saturated heterocycles. The van der Waals surface area contributed by atoms with Gasteiger partial charge in [0.2, 0.25) is 0 Å². The molecule has 2 nitrogen and oxygen atoms in total. The molecule has 0 spiro atoms. The molecule has 0 amide bonds. The number of hydrogen-bond acceptors (Lipinski definition) is 2. The number of rotatable bonds is 3. The monoisotopic (exact) mass is 187 g/mol. The summed E-state index contributed by atoms with van der Waals surface area (Å²) in [5.41, 5.74) is 0. The zero-order valence-corrected chi connectivity index (χ0v) is 9.34. The quantitative estimate of drug-likeness (QED) is 0.708. The highest BCUT2D eigenvalue weighted by Gasteiger charge is 2.19. The summed E-state index contributed by atoms with van der Waals surface area (Å²) in [6.45, 7) is 5.55. The summed E-state index contributed by atoms with van der Waals surface area (Å²) in [4.78, 5) is 0. The number of aliphatic hydroxyl groups excluding tert-OH is 1. The van der Waals surface area contributed by atoms with Crippen LogP contribution in [0.4, 0.5) is 0 Å². The predicted molar refractivity (Wildman–Crippen MR) is 57.8 cm³/mol. The topological polar surface area (TPSA) is 32.3 Å². The first-order chi connectivity index (χ1) is 6.36. The summed E-state index contributed by atoms with van der Waals surface area (Å²) in [5.74, 6) is 1.46. The standard InChI is InChI=1S/C9H19NO.C2H6/c1-10-6-8-2-4-9(7-11)5-3-8;1-2/h8-11H,2-7H2,1H3;1-2H3. The van der Waals surface area contributed by atoms with Crippen LogP contribution in [0.2, 0.25) is 0 Å². The van der Waals surface area contributed by atoms with Crippen molar-refractivity contribution in [1.29, 1.82) is 0 Å². The highest BCUT2D eigenvalue weighted by Crippen LogP contribution is 2.27. The minimum Gasteiger partial charge on any atom is -0.396 e. The lowest BCUT2D eigenvalue weighted by atomic mass is 9.82. The smallest absolute Gasteiger partial charge is 0.0459 e. The summed E-state index contributed by atoms with van der Waals surface area (Å²) in [6, 6.07) is 0. The summed E-state index contributed by atoms with van der Waals surface area (Å²) in [7, 11) is 2.01. The van der Waals surface area contributed by atoms with Gasteiger partial charge in [0, 0.05) is 6.61 Å². The molecule has 80 valence electrons.